The maximum Gasteiger partial charge on any atom is 0.266 e. The van der Waals surface area contributed by atoms with Gasteiger partial charge in [0, 0.05) is 37.5 Å². The maximum atomic E-state index is 13.3. The molecule has 0 radical (unpaired) electrons. The Morgan fingerprint density at radius 3 is 2.93 bits per heavy atom. The van der Waals surface area contributed by atoms with E-state index in [1.165, 1.54) is 15.1 Å². The normalized spacial score (nSPS) is 19.0. The van der Waals surface area contributed by atoms with Gasteiger partial charge in [-0.1, -0.05) is 0 Å². The number of nitrogens with zero attached hydrogens (tertiary/aromatic N) is 5. The zero-order valence-corrected chi connectivity index (χ0v) is 17.0. The third-order valence-corrected chi connectivity index (χ3v) is 7.54. The number of fused-ring (bicyclic) bond motifs is 1. The molecule has 0 spiro atoms. The molecule has 30 heavy (non-hydrogen) atoms. The van der Waals surface area contributed by atoms with E-state index < -0.39 is 10.0 Å². The van der Waals surface area contributed by atoms with Crippen molar-refractivity contribution in [2.24, 2.45) is 0 Å². The number of sulfonamides is 1. The van der Waals surface area contributed by atoms with Crippen molar-refractivity contribution >= 4 is 10.0 Å². The predicted molar refractivity (Wildman–Crippen MR) is 108 cm³/mol. The van der Waals surface area contributed by atoms with Crippen LogP contribution in [0.3, 0.4) is 0 Å². The number of benzene rings is 1. The van der Waals surface area contributed by atoms with E-state index in [0.717, 1.165) is 17.7 Å². The molecule has 2 aliphatic heterocycles. The molecule has 9 nitrogen and oxygen atoms in total. The minimum Gasteiger partial charge on any atom is -0.493 e. The van der Waals surface area contributed by atoms with E-state index >= 15 is 0 Å². The van der Waals surface area contributed by atoms with E-state index in [1.54, 1.807) is 47.6 Å². The average Bonchev–Trinajstić information content (AvgIpc) is 3.50. The summed E-state index contributed by atoms with van der Waals surface area (Å²) >= 11 is 0. The highest BCUT2D eigenvalue weighted by molar-refractivity contribution is 7.89. The topological polar surface area (TPSA) is 99.3 Å². The summed E-state index contributed by atoms with van der Waals surface area (Å²) < 4.78 is 36.7. The van der Waals surface area contributed by atoms with E-state index in [4.69, 9.17) is 4.74 Å². The van der Waals surface area contributed by atoms with Crippen molar-refractivity contribution in [3.8, 4) is 11.6 Å². The van der Waals surface area contributed by atoms with Crippen molar-refractivity contribution in [2.45, 2.75) is 36.7 Å². The number of aromatic nitrogens is 4. The second-order valence-electron chi connectivity index (χ2n) is 7.46. The molecule has 1 atom stereocenters. The van der Waals surface area contributed by atoms with Crippen LogP contribution >= 0.6 is 0 Å². The molecule has 3 aromatic rings. The Labute approximate surface area is 173 Å². The summed E-state index contributed by atoms with van der Waals surface area (Å²) in [7, 11) is -3.68. The molecule has 2 aliphatic rings. The predicted octanol–water partition coefficient (Wildman–Crippen LogP) is 1.22. The molecule has 1 saturated heterocycles. The number of hydrogen-bond donors (Lipinski definition) is 0. The van der Waals surface area contributed by atoms with Gasteiger partial charge in [-0.3, -0.25) is 9.36 Å². The zero-order valence-electron chi connectivity index (χ0n) is 16.2. The van der Waals surface area contributed by atoms with Gasteiger partial charge in [-0.25, -0.2) is 18.1 Å². The minimum absolute atomic E-state index is 0.203. The van der Waals surface area contributed by atoms with Crippen LogP contribution in [0.15, 0.2) is 58.7 Å². The van der Waals surface area contributed by atoms with Gasteiger partial charge in [-0.2, -0.15) is 9.40 Å². The largest absolute Gasteiger partial charge is 0.493 e. The van der Waals surface area contributed by atoms with Crippen LogP contribution in [0.2, 0.25) is 0 Å². The quantitative estimate of drug-likeness (QED) is 0.607. The first kappa shape index (κ1) is 19.0. The van der Waals surface area contributed by atoms with Gasteiger partial charge < -0.3 is 4.74 Å². The second kappa shape index (κ2) is 7.37. The van der Waals surface area contributed by atoms with Crippen LogP contribution < -0.4 is 10.3 Å². The second-order valence-corrected chi connectivity index (χ2v) is 9.35. The maximum absolute atomic E-state index is 13.3. The van der Waals surface area contributed by atoms with Crippen LogP contribution in [-0.4, -0.2) is 51.2 Å². The van der Waals surface area contributed by atoms with Crippen molar-refractivity contribution in [1.82, 2.24) is 23.6 Å². The molecule has 0 bridgehead atoms. The number of rotatable bonds is 5. The SMILES string of the molecule is O=c1ccc(-n2ccnc2)nn1CC1CCCN1S(=O)(=O)c1ccc2c(c1)CCO2. The zero-order chi connectivity index (χ0) is 20.7. The van der Waals surface area contributed by atoms with Gasteiger partial charge in [0.15, 0.2) is 5.82 Å². The van der Waals surface area contributed by atoms with Gasteiger partial charge in [-0.05, 0) is 42.7 Å². The fraction of sp³-hybridized carbons (Fsp3) is 0.350. The van der Waals surface area contributed by atoms with Crippen LogP contribution in [0.25, 0.3) is 5.82 Å². The van der Waals surface area contributed by atoms with E-state index in [-0.39, 0.29) is 23.0 Å². The average molecular weight is 427 g/mol. The highest BCUT2D eigenvalue weighted by Gasteiger charge is 2.36. The molecule has 0 N–H and O–H groups in total. The standard InChI is InChI=1S/C20H21N5O4S/c26-20-6-5-19(23-10-8-21-14-23)22-24(20)13-16-2-1-9-25(16)30(27,28)17-3-4-18-15(12-17)7-11-29-18/h3-6,8,10,12,14,16H,1-2,7,9,11,13H2. The molecule has 1 aromatic carbocycles. The lowest BCUT2D eigenvalue weighted by molar-refractivity contribution is 0.335. The summed E-state index contributed by atoms with van der Waals surface area (Å²) in [5.41, 5.74) is 0.649. The Kier molecular flexibility index (Phi) is 4.67. The van der Waals surface area contributed by atoms with E-state index in [2.05, 4.69) is 10.1 Å². The van der Waals surface area contributed by atoms with E-state index in [9.17, 15) is 13.2 Å². The fourth-order valence-corrected chi connectivity index (χ4v) is 5.80. The van der Waals surface area contributed by atoms with Gasteiger partial charge >= 0.3 is 0 Å². The van der Waals surface area contributed by atoms with Crippen molar-refractivity contribution in [2.75, 3.05) is 13.2 Å². The summed E-state index contributed by atoms with van der Waals surface area (Å²) in [4.78, 5) is 16.6. The highest BCUT2D eigenvalue weighted by Crippen LogP contribution is 2.31. The molecule has 156 valence electrons. The minimum atomic E-state index is -3.68. The van der Waals surface area contributed by atoms with Crippen molar-refractivity contribution in [3.05, 3.63) is 65.0 Å². The third-order valence-electron chi connectivity index (χ3n) is 5.60. The van der Waals surface area contributed by atoms with Crippen LogP contribution in [0.5, 0.6) is 5.75 Å². The highest BCUT2D eigenvalue weighted by atomic mass is 32.2. The summed E-state index contributed by atoms with van der Waals surface area (Å²) in [5.74, 6) is 1.30. The van der Waals surface area contributed by atoms with Gasteiger partial charge in [0.25, 0.3) is 5.56 Å². The molecule has 0 saturated carbocycles. The van der Waals surface area contributed by atoms with Crippen molar-refractivity contribution < 1.29 is 13.2 Å². The monoisotopic (exact) mass is 427 g/mol. The summed E-state index contributed by atoms with van der Waals surface area (Å²) in [5, 5.41) is 4.40. The molecular weight excluding hydrogens is 406 g/mol. The fourth-order valence-electron chi connectivity index (χ4n) is 4.07. The van der Waals surface area contributed by atoms with Gasteiger partial charge in [-0.15, -0.1) is 0 Å². The molecule has 2 aromatic heterocycles. The first-order valence-electron chi connectivity index (χ1n) is 9.86. The molecule has 10 heteroatoms. The lowest BCUT2D eigenvalue weighted by Gasteiger charge is -2.24. The van der Waals surface area contributed by atoms with Crippen LogP contribution in [-0.2, 0) is 23.0 Å². The van der Waals surface area contributed by atoms with Gasteiger partial charge in [0.05, 0.1) is 18.0 Å². The van der Waals surface area contributed by atoms with Crippen LogP contribution in [0, 0.1) is 0 Å². The third kappa shape index (κ3) is 3.31. The van der Waals surface area contributed by atoms with Crippen molar-refractivity contribution in [1.29, 1.82) is 0 Å². The van der Waals surface area contributed by atoms with Gasteiger partial charge in [0.1, 0.15) is 12.1 Å². The Bertz CT molecular complexity index is 1240. The lowest BCUT2D eigenvalue weighted by Crippen LogP contribution is -2.40. The summed E-state index contributed by atoms with van der Waals surface area (Å²) in [6.45, 7) is 1.21. The van der Waals surface area contributed by atoms with Crippen molar-refractivity contribution in [3.63, 3.8) is 0 Å². The molecular formula is C20H21N5O4S. The molecule has 1 fully saturated rings. The Morgan fingerprint density at radius 2 is 2.10 bits per heavy atom. The molecule has 5 rings (SSSR count). The van der Waals surface area contributed by atoms with Gasteiger partial charge in [0.2, 0.25) is 10.0 Å². The Hall–Kier alpha value is -2.98. The first-order chi connectivity index (χ1) is 14.5. The molecule has 0 aliphatic carbocycles. The Morgan fingerprint density at radius 1 is 1.20 bits per heavy atom. The molecule has 1 unspecified atom stereocenters. The Balaban J connectivity index is 1.43. The van der Waals surface area contributed by atoms with E-state index in [1.807, 2.05) is 0 Å². The number of imidazole rings is 1. The smallest absolute Gasteiger partial charge is 0.266 e. The number of hydrogen-bond acceptors (Lipinski definition) is 6. The molecule has 0 amide bonds. The van der Waals surface area contributed by atoms with Crippen LogP contribution in [0.4, 0.5) is 0 Å². The summed E-state index contributed by atoms with van der Waals surface area (Å²) in [6, 6.07) is 7.76. The lowest BCUT2D eigenvalue weighted by atomic mass is 10.2. The van der Waals surface area contributed by atoms with Crippen LogP contribution in [0.1, 0.15) is 18.4 Å². The summed E-state index contributed by atoms with van der Waals surface area (Å²) in [6.07, 6.45) is 7.10. The molecule has 4 heterocycles. The first-order valence-corrected chi connectivity index (χ1v) is 11.3. The number of ether oxygens (including phenoxy) is 1. The van der Waals surface area contributed by atoms with E-state index in [0.29, 0.717) is 31.8 Å².